The van der Waals surface area contributed by atoms with Crippen molar-refractivity contribution in [2.75, 3.05) is 13.7 Å². The predicted octanol–water partition coefficient (Wildman–Crippen LogP) is 3.25. The van der Waals surface area contributed by atoms with Gasteiger partial charge in [0.1, 0.15) is 5.75 Å². The molecule has 0 aliphatic heterocycles. The third-order valence-electron chi connectivity index (χ3n) is 2.69. The second-order valence-electron chi connectivity index (χ2n) is 4.41. The highest BCUT2D eigenvalue weighted by molar-refractivity contribution is 5.83. The highest BCUT2D eigenvalue weighted by Crippen LogP contribution is 2.19. The first-order valence-electron chi connectivity index (χ1n) is 6.57. The molecule has 0 saturated carbocycles. The van der Waals surface area contributed by atoms with E-state index in [-0.39, 0.29) is 13.0 Å². The topological polar surface area (TPSA) is 38.3 Å². The molecule has 1 aromatic rings. The molecule has 0 heterocycles. The average Bonchev–Trinajstić information content (AvgIpc) is 2.44. The molecular weight excluding hydrogens is 283 g/mol. The van der Waals surface area contributed by atoms with Crippen LogP contribution in [0.15, 0.2) is 36.5 Å². The predicted molar refractivity (Wildman–Crippen MR) is 74.1 cm³/mol. The van der Waals surface area contributed by atoms with Crippen molar-refractivity contribution in [1.29, 1.82) is 0 Å². The molecule has 0 amide bonds. The number of carbonyl (C=O) groups is 1. The maximum atomic E-state index is 12.0. The minimum absolute atomic E-state index is 0.0466. The summed E-state index contributed by atoms with van der Waals surface area (Å²) < 4.78 is 41.2. The van der Waals surface area contributed by atoms with Crippen LogP contribution in [0.2, 0.25) is 0 Å². The number of ketones is 1. The molecule has 0 aliphatic carbocycles. The highest BCUT2D eigenvalue weighted by atomic mass is 19.4. The maximum Gasteiger partial charge on any atom is 0.449 e. The molecule has 0 spiro atoms. The van der Waals surface area contributed by atoms with Crippen LogP contribution in [0, 0.1) is 0 Å². The number of ether oxygens (including phenoxy) is 1. The zero-order chi connectivity index (χ0) is 15.7. The molecule has 1 rings (SSSR count). The lowest BCUT2D eigenvalue weighted by molar-refractivity contribution is -0.171. The van der Waals surface area contributed by atoms with Crippen LogP contribution in [0.25, 0.3) is 0 Å². The molecule has 1 aromatic carbocycles. The van der Waals surface area contributed by atoms with Crippen molar-refractivity contribution in [2.45, 2.75) is 25.4 Å². The lowest BCUT2D eigenvalue weighted by atomic mass is 10.1. The lowest BCUT2D eigenvalue weighted by Gasteiger charge is -2.07. The fourth-order valence-corrected chi connectivity index (χ4v) is 1.60. The quantitative estimate of drug-likeness (QED) is 0.749. The molecule has 0 fully saturated rings. The summed E-state index contributed by atoms with van der Waals surface area (Å²) >= 11 is 0. The Labute approximate surface area is 121 Å². The minimum atomic E-state index is -4.75. The fourth-order valence-electron chi connectivity index (χ4n) is 1.60. The summed E-state index contributed by atoms with van der Waals surface area (Å²) in [5.41, 5.74) is 1.10. The molecule has 0 aliphatic rings. The molecule has 21 heavy (non-hydrogen) atoms. The fraction of sp³-hybridized carbons (Fsp3) is 0.400. The number of hydrogen-bond donors (Lipinski definition) is 1. The van der Waals surface area contributed by atoms with Gasteiger partial charge in [-0.1, -0.05) is 18.2 Å². The highest BCUT2D eigenvalue weighted by Gasteiger charge is 2.37. The van der Waals surface area contributed by atoms with Gasteiger partial charge in [0, 0.05) is 13.5 Å². The van der Waals surface area contributed by atoms with E-state index in [0.717, 1.165) is 12.0 Å². The molecule has 1 N–H and O–H groups in total. The number of rotatable bonds is 8. The molecule has 0 bridgehead atoms. The Hall–Kier alpha value is -1.98. The van der Waals surface area contributed by atoms with E-state index in [1.807, 2.05) is 31.5 Å². The number of Topliss-reactive ketones (excluding diaryl/α,β-unsaturated/α-hetero) is 1. The van der Waals surface area contributed by atoms with E-state index < -0.39 is 18.4 Å². The van der Waals surface area contributed by atoms with E-state index in [9.17, 15) is 18.0 Å². The Morgan fingerprint density at radius 2 is 1.95 bits per heavy atom. The largest absolute Gasteiger partial charge is 0.494 e. The molecule has 0 saturated heterocycles. The van der Waals surface area contributed by atoms with Crippen molar-refractivity contribution in [3.05, 3.63) is 42.1 Å². The van der Waals surface area contributed by atoms with Crippen LogP contribution in [0.5, 0.6) is 5.75 Å². The van der Waals surface area contributed by atoms with Gasteiger partial charge >= 0.3 is 6.18 Å². The number of hydrogen-bond acceptors (Lipinski definition) is 3. The summed E-state index contributed by atoms with van der Waals surface area (Å²) in [7, 11) is 1.82. The number of alkyl halides is 3. The molecule has 0 radical (unpaired) electrons. The summed E-state index contributed by atoms with van der Waals surface area (Å²) in [6.45, 7) is 0.0842. The van der Waals surface area contributed by atoms with Gasteiger partial charge in [-0.2, -0.15) is 13.2 Å². The first-order chi connectivity index (χ1) is 9.93. The second kappa shape index (κ2) is 8.34. The monoisotopic (exact) mass is 301 g/mol. The van der Waals surface area contributed by atoms with Gasteiger partial charge in [0.25, 0.3) is 0 Å². The van der Waals surface area contributed by atoms with Crippen LogP contribution in [0.3, 0.4) is 0 Å². The SMILES string of the molecule is CN/C=C\Cc1ccc(OCCCC(=O)C(F)(F)F)cc1. The minimum Gasteiger partial charge on any atom is -0.494 e. The summed E-state index contributed by atoms with van der Waals surface area (Å²) in [6, 6.07) is 7.29. The van der Waals surface area contributed by atoms with Crippen molar-refractivity contribution in [2.24, 2.45) is 0 Å². The van der Waals surface area contributed by atoms with E-state index in [4.69, 9.17) is 4.74 Å². The van der Waals surface area contributed by atoms with E-state index in [1.165, 1.54) is 0 Å². The normalized spacial score (nSPS) is 11.6. The molecule has 0 atom stereocenters. The van der Waals surface area contributed by atoms with Gasteiger partial charge in [-0.3, -0.25) is 4.79 Å². The molecule has 3 nitrogen and oxygen atoms in total. The third-order valence-corrected chi connectivity index (χ3v) is 2.69. The Morgan fingerprint density at radius 1 is 1.29 bits per heavy atom. The molecule has 6 heteroatoms. The van der Waals surface area contributed by atoms with Gasteiger partial charge in [0.05, 0.1) is 6.61 Å². The number of allylic oxidation sites excluding steroid dienone is 1. The second-order valence-corrected chi connectivity index (χ2v) is 4.41. The van der Waals surface area contributed by atoms with Crippen LogP contribution >= 0.6 is 0 Å². The van der Waals surface area contributed by atoms with Crippen LogP contribution in [-0.2, 0) is 11.2 Å². The van der Waals surface area contributed by atoms with Crippen molar-refractivity contribution in [3.8, 4) is 5.75 Å². The van der Waals surface area contributed by atoms with Gasteiger partial charge in [0.15, 0.2) is 0 Å². The van der Waals surface area contributed by atoms with Crippen molar-refractivity contribution >= 4 is 5.78 Å². The van der Waals surface area contributed by atoms with Crippen molar-refractivity contribution in [3.63, 3.8) is 0 Å². The molecule has 116 valence electrons. The molecule has 0 unspecified atom stereocenters. The Balaban J connectivity index is 2.30. The van der Waals surface area contributed by atoms with E-state index in [1.54, 1.807) is 12.1 Å². The lowest BCUT2D eigenvalue weighted by Crippen LogP contribution is -2.22. The van der Waals surface area contributed by atoms with E-state index in [0.29, 0.717) is 5.75 Å². The first kappa shape index (κ1) is 17.1. The molecule has 0 aromatic heterocycles. The average molecular weight is 301 g/mol. The number of halogens is 3. The van der Waals surface area contributed by atoms with Crippen LogP contribution in [0.4, 0.5) is 13.2 Å². The van der Waals surface area contributed by atoms with Crippen LogP contribution in [-0.4, -0.2) is 25.6 Å². The zero-order valence-corrected chi connectivity index (χ0v) is 11.7. The number of benzene rings is 1. The maximum absolute atomic E-state index is 12.0. The smallest absolute Gasteiger partial charge is 0.449 e. The van der Waals surface area contributed by atoms with Gasteiger partial charge in [-0.15, -0.1) is 0 Å². The van der Waals surface area contributed by atoms with Gasteiger partial charge in [-0.25, -0.2) is 0 Å². The summed E-state index contributed by atoms with van der Waals surface area (Å²) in [5, 5.41) is 2.89. The summed E-state index contributed by atoms with van der Waals surface area (Å²) in [4.78, 5) is 10.7. The third kappa shape index (κ3) is 6.83. The van der Waals surface area contributed by atoms with Gasteiger partial charge < -0.3 is 10.1 Å². The summed E-state index contributed by atoms with van der Waals surface area (Å²) in [6.07, 6.45) is -0.661. The summed E-state index contributed by atoms with van der Waals surface area (Å²) in [5.74, 6) is -1.13. The first-order valence-corrected chi connectivity index (χ1v) is 6.57. The number of carbonyl (C=O) groups excluding carboxylic acids is 1. The van der Waals surface area contributed by atoms with Crippen LogP contribution in [0.1, 0.15) is 18.4 Å². The zero-order valence-electron chi connectivity index (χ0n) is 11.7. The van der Waals surface area contributed by atoms with Gasteiger partial charge in [-0.05, 0) is 36.7 Å². The Kier molecular flexibility index (Phi) is 6.78. The van der Waals surface area contributed by atoms with E-state index in [2.05, 4.69) is 5.32 Å². The van der Waals surface area contributed by atoms with Crippen molar-refractivity contribution in [1.82, 2.24) is 5.32 Å². The van der Waals surface area contributed by atoms with Crippen molar-refractivity contribution < 1.29 is 22.7 Å². The van der Waals surface area contributed by atoms with E-state index >= 15 is 0 Å². The Morgan fingerprint density at radius 3 is 2.52 bits per heavy atom. The Bertz CT molecular complexity index is 467. The number of nitrogens with one attached hydrogen (secondary N) is 1. The standard InChI is InChI=1S/C15H18F3NO2/c1-19-10-2-4-12-6-8-13(9-7-12)21-11-3-5-14(20)15(16,17)18/h2,6-10,19H,3-5,11H2,1H3/b10-2-. The van der Waals surface area contributed by atoms with Gasteiger partial charge in [0.2, 0.25) is 5.78 Å². The van der Waals surface area contributed by atoms with Crippen LogP contribution < -0.4 is 10.1 Å². The molecular formula is C15H18F3NO2.